The molecule has 19 heavy (non-hydrogen) atoms. The van der Waals surface area contributed by atoms with Crippen LogP contribution >= 0.6 is 0 Å². The third-order valence-electron chi connectivity index (χ3n) is 3.37. The minimum Gasteiger partial charge on any atom is -0.378 e. The highest BCUT2D eigenvalue weighted by Gasteiger charge is 2.29. The van der Waals surface area contributed by atoms with Crippen LogP contribution in [0.15, 0.2) is 6.07 Å². The Morgan fingerprint density at radius 2 is 2.00 bits per heavy atom. The van der Waals surface area contributed by atoms with E-state index in [0.717, 1.165) is 36.9 Å². The van der Waals surface area contributed by atoms with Crippen LogP contribution in [0.1, 0.15) is 45.4 Å². The smallest absolute Gasteiger partial charge is 0.135 e. The van der Waals surface area contributed by atoms with Crippen LogP contribution < -0.4 is 10.6 Å². The van der Waals surface area contributed by atoms with E-state index in [-0.39, 0.29) is 0 Å². The molecule has 0 spiro atoms. The molecule has 1 heterocycles. The van der Waals surface area contributed by atoms with Crippen LogP contribution in [0, 0.1) is 0 Å². The van der Waals surface area contributed by atoms with Gasteiger partial charge < -0.3 is 15.4 Å². The van der Waals surface area contributed by atoms with Crippen molar-refractivity contribution in [3.8, 4) is 0 Å². The lowest BCUT2D eigenvalue weighted by molar-refractivity contribution is 0.00292. The van der Waals surface area contributed by atoms with Gasteiger partial charge in [0.2, 0.25) is 0 Å². The van der Waals surface area contributed by atoms with Gasteiger partial charge in [-0.15, -0.1) is 0 Å². The van der Waals surface area contributed by atoms with Gasteiger partial charge in [0.25, 0.3) is 0 Å². The van der Waals surface area contributed by atoms with E-state index in [1.807, 2.05) is 20.0 Å². The summed E-state index contributed by atoms with van der Waals surface area (Å²) in [7, 11) is 1.88. The molecule has 0 aliphatic heterocycles. The molecule has 106 valence electrons. The Bertz CT molecular complexity index is 416. The molecule has 1 fully saturated rings. The van der Waals surface area contributed by atoms with Crippen molar-refractivity contribution >= 4 is 11.6 Å². The lowest BCUT2D eigenvalue weighted by Gasteiger charge is -2.35. The average Bonchev–Trinajstić information content (AvgIpc) is 2.35. The van der Waals surface area contributed by atoms with Gasteiger partial charge >= 0.3 is 0 Å². The van der Waals surface area contributed by atoms with E-state index in [4.69, 9.17) is 4.74 Å². The van der Waals surface area contributed by atoms with Crippen molar-refractivity contribution in [1.82, 2.24) is 9.97 Å². The Labute approximate surface area is 115 Å². The van der Waals surface area contributed by atoms with Crippen LogP contribution in [-0.2, 0) is 4.74 Å². The first kappa shape index (κ1) is 14.1. The van der Waals surface area contributed by atoms with Gasteiger partial charge in [-0.2, -0.15) is 0 Å². The van der Waals surface area contributed by atoms with Crippen molar-refractivity contribution in [3.05, 3.63) is 11.9 Å². The maximum atomic E-state index is 5.57. The van der Waals surface area contributed by atoms with Crippen molar-refractivity contribution in [2.24, 2.45) is 0 Å². The zero-order chi connectivity index (χ0) is 13.8. The predicted molar refractivity (Wildman–Crippen MR) is 77.7 cm³/mol. The molecule has 5 nitrogen and oxygen atoms in total. The molecule has 5 heteroatoms. The molecule has 1 aliphatic carbocycles. The summed E-state index contributed by atoms with van der Waals surface area (Å²) in [5.41, 5.74) is 0. The number of anilines is 2. The summed E-state index contributed by atoms with van der Waals surface area (Å²) in [6.07, 6.45) is 2.53. The Morgan fingerprint density at radius 1 is 1.32 bits per heavy atom. The van der Waals surface area contributed by atoms with E-state index in [1.54, 1.807) is 0 Å². The van der Waals surface area contributed by atoms with Crippen LogP contribution in [0.5, 0.6) is 0 Å². The second kappa shape index (κ2) is 6.19. The Hall–Kier alpha value is -1.36. The van der Waals surface area contributed by atoms with Gasteiger partial charge in [0.15, 0.2) is 0 Å². The van der Waals surface area contributed by atoms with Gasteiger partial charge in [0, 0.05) is 31.7 Å². The highest BCUT2D eigenvalue weighted by Crippen LogP contribution is 2.27. The van der Waals surface area contributed by atoms with Crippen molar-refractivity contribution in [3.63, 3.8) is 0 Å². The van der Waals surface area contributed by atoms with E-state index < -0.39 is 0 Å². The first-order valence-corrected chi connectivity index (χ1v) is 7.07. The van der Waals surface area contributed by atoms with Gasteiger partial charge in [-0.3, -0.25) is 0 Å². The zero-order valence-electron chi connectivity index (χ0n) is 12.2. The van der Waals surface area contributed by atoms with Crippen LogP contribution in [0.3, 0.4) is 0 Å². The predicted octanol–water partition coefficient (Wildman–Crippen LogP) is 2.62. The van der Waals surface area contributed by atoms with Gasteiger partial charge in [0.1, 0.15) is 17.5 Å². The minimum atomic E-state index is 0.325. The van der Waals surface area contributed by atoms with Gasteiger partial charge in [0.05, 0.1) is 6.10 Å². The molecule has 0 amide bonds. The second-order valence-corrected chi connectivity index (χ2v) is 5.29. The first-order valence-electron chi connectivity index (χ1n) is 7.07. The van der Waals surface area contributed by atoms with Crippen molar-refractivity contribution in [1.29, 1.82) is 0 Å². The lowest BCUT2D eigenvalue weighted by atomic mass is 9.89. The van der Waals surface area contributed by atoms with Gasteiger partial charge in [-0.25, -0.2) is 9.97 Å². The van der Waals surface area contributed by atoms with Crippen molar-refractivity contribution in [2.75, 3.05) is 24.3 Å². The number of nitrogens with one attached hydrogen (secondary N) is 2. The van der Waals surface area contributed by atoms with E-state index in [9.17, 15) is 0 Å². The largest absolute Gasteiger partial charge is 0.378 e. The highest BCUT2D eigenvalue weighted by molar-refractivity contribution is 5.48. The summed E-state index contributed by atoms with van der Waals surface area (Å²) in [6.45, 7) is 7.05. The highest BCUT2D eigenvalue weighted by atomic mass is 16.5. The van der Waals surface area contributed by atoms with Crippen molar-refractivity contribution in [2.45, 2.75) is 51.7 Å². The van der Waals surface area contributed by atoms with Crippen LogP contribution in [0.2, 0.25) is 0 Å². The summed E-state index contributed by atoms with van der Waals surface area (Å²) >= 11 is 0. The fraction of sp³-hybridized carbons (Fsp3) is 0.714. The molecule has 0 saturated heterocycles. The third-order valence-corrected chi connectivity index (χ3v) is 3.37. The summed E-state index contributed by atoms with van der Waals surface area (Å²) in [4.78, 5) is 9.03. The molecule has 2 rings (SSSR count). The molecule has 1 aromatic heterocycles. The molecule has 0 atom stereocenters. The maximum Gasteiger partial charge on any atom is 0.135 e. The monoisotopic (exact) mass is 264 g/mol. The molecule has 0 unspecified atom stereocenters. The molecule has 0 bridgehead atoms. The Balaban J connectivity index is 1.98. The van der Waals surface area contributed by atoms with E-state index in [1.165, 1.54) is 0 Å². The topological polar surface area (TPSA) is 59.1 Å². The normalized spacial score (nSPS) is 22.2. The summed E-state index contributed by atoms with van der Waals surface area (Å²) in [6, 6.07) is 2.43. The lowest BCUT2D eigenvalue weighted by Crippen LogP contribution is -2.41. The second-order valence-electron chi connectivity index (χ2n) is 5.29. The SMILES string of the molecule is CCOC1CC(Nc2cc(NC)nc(C(C)C)n2)C1. The molecule has 1 aromatic rings. The molecule has 2 N–H and O–H groups in total. The number of aromatic nitrogens is 2. The van der Waals surface area contributed by atoms with Crippen LogP contribution in [-0.4, -0.2) is 35.8 Å². The Morgan fingerprint density at radius 3 is 2.58 bits per heavy atom. The first-order chi connectivity index (χ1) is 9.12. The molecular formula is C14H24N4O. The molecule has 0 radical (unpaired) electrons. The minimum absolute atomic E-state index is 0.325. The van der Waals surface area contributed by atoms with Gasteiger partial charge in [-0.1, -0.05) is 13.8 Å². The summed E-state index contributed by atoms with van der Waals surface area (Å²) in [5, 5.41) is 6.55. The van der Waals surface area contributed by atoms with Crippen molar-refractivity contribution < 1.29 is 4.74 Å². The summed E-state index contributed by atoms with van der Waals surface area (Å²) in [5.74, 6) is 2.96. The van der Waals surface area contributed by atoms with Gasteiger partial charge in [-0.05, 0) is 19.8 Å². The fourth-order valence-electron chi connectivity index (χ4n) is 2.19. The molecular weight excluding hydrogens is 240 g/mol. The van der Waals surface area contributed by atoms with E-state index in [2.05, 4.69) is 34.4 Å². The number of hydrogen-bond acceptors (Lipinski definition) is 5. The maximum absolute atomic E-state index is 5.57. The van der Waals surface area contributed by atoms with Crippen LogP contribution in [0.4, 0.5) is 11.6 Å². The fourth-order valence-corrected chi connectivity index (χ4v) is 2.19. The summed E-state index contributed by atoms with van der Waals surface area (Å²) < 4.78 is 5.57. The number of hydrogen-bond donors (Lipinski definition) is 2. The standard InChI is InChI=1S/C14H24N4O/c1-5-19-11-6-10(7-11)16-13-8-12(15-4)17-14(18-13)9(2)3/h8-11H,5-7H2,1-4H3,(H2,15,16,17,18). The zero-order valence-corrected chi connectivity index (χ0v) is 12.2. The number of nitrogens with zero attached hydrogens (tertiary/aromatic N) is 2. The molecule has 0 aromatic carbocycles. The van der Waals surface area contributed by atoms with E-state index in [0.29, 0.717) is 18.1 Å². The quantitative estimate of drug-likeness (QED) is 0.827. The number of rotatable bonds is 6. The Kier molecular flexibility index (Phi) is 4.58. The molecule has 1 saturated carbocycles. The van der Waals surface area contributed by atoms with E-state index >= 15 is 0 Å². The average molecular weight is 264 g/mol. The third kappa shape index (κ3) is 3.56. The van der Waals surface area contributed by atoms with Crippen LogP contribution in [0.25, 0.3) is 0 Å². The number of ether oxygens (including phenoxy) is 1. The molecule has 1 aliphatic rings.